The lowest BCUT2D eigenvalue weighted by molar-refractivity contribution is -0.138. The topological polar surface area (TPSA) is 42.7 Å². The molecule has 0 aliphatic heterocycles. The monoisotopic (exact) mass is 265 g/mol. The molecule has 0 bridgehead atoms. The molecule has 0 spiro atoms. The summed E-state index contributed by atoms with van der Waals surface area (Å²) >= 11 is 0. The molecular formula is C15H23NO3. The molecule has 106 valence electrons. The molecule has 1 amide bonds. The second-order valence-electron chi connectivity index (χ2n) is 5.17. The van der Waals surface area contributed by atoms with Crippen LogP contribution in [0.1, 0.15) is 37.9 Å². The molecule has 0 N–H and O–H groups in total. The van der Waals surface area contributed by atoms with E-state index in [9.17, 15) is 4.79 Å². The molecule has 0 saturated heterocycles. The van der Waals surface area contributed by atoms with Crippen molar-refractivity contribution in [2.24, 2.45) is 5.92 Å². The summed E-state index contributed by atoms with van der Waals surface area (Å²) in [6.45, 7) is 1.75. The third-order valence-electron chi connectivity index (χ3n) is 3.76. The number of rotatable bonds is 6. The van der Waals surface area contributed by atoms with Crippen LogP contribution in [-0.4, -0.2) is 31.1 Å². The normalized spacial score (nSPS) is 16.5. The minimum Gasteiger partial charge on any atom is -0.467 e. The van der Waals surface area contributed by atoms with Crippen LogP contribution in [0.3, 0.4) is 0 Å². The Labute approximate surface area is 114 Å². The van der Waals surface area contributed by atoms with Crippen LogP contribution in [0, 0.1) is 5.92 Å². The third-order valence-corrected chi connectivity index (χ3v) is 3.76. The lowest BCUT2D eigenvalue weighted by Crippen LogP contribution is -2.38. The minimum atomic E-state index is 0.195. The van der Waals surface area contributed by atoms with Gasteiger partial charge in [-0.3, -0.25) is 4.79 Å². The minimum absolute atomic E-state index is 0.195. The highest BCUT2D eigenvalue weighted by molar-refractivity contribution is 5.78. The molecule has 1 aromatic rings. The third kappa shape index (κ3) is 4.10. The van der Waals surface area contributed by atoms with Crippen molar-refractivity contribution in [3.05, 3.63) is 24.2 Å². The van der Waals surface area contributed by atoms with E-state index < -0.39 is 0 Å². The number of methoxy groups -OCH3 is 1. The van der Waals surface area contributed by atoms with Gasteiger partial charge >= 0.3 is 0 Å². The Bertz CT molecular complexity index is 369. The quantitative estimate of drug-likeness (QED) is 0.794. The van der Waals surface area contributed by atoms with Crippen molar-refractivity contribution in [3.8, 4) is 0 Å². The van der Waals surface area contributed by atoms with Crippen molar-refractivity contribution < 1.29 is 13.9 Å². The molecule has 1 aliphatic rings. The fraction of sp³-hybridized carbons (Fsp3) is 0.667. The number of amides is 1. The predicted octanol–water partition coefficient (Wildman–Crippen LogP) is 2.83. The lowest BCUT2D eigenvalue weighted by atomic mass is 9.88. The van der Waals surface area contributed by atoms with Crippen molar-refractivity contribution in [2.75, 3.05) is 20.3 Å². The molecule has 1 fully saturated rings. The van der Waals surface area contributed by atoms with Crippen LogP contribution in [0.2, 0.25) is 0 Å². The highest BCUT2D eigenvalue weighted by atomic mass is 16.5. The number of ether oxygens (including phenoxy) is 1. The second kappa shape index (κ2) is 7.34. The SMILES string of the molecule is COCCN(Cc1ccco1)C(=O)C1CCCCC1. The van der Waals surface area contributed by atoms with Gasteiger partial charge in [-0.25, -0.2) is 0 Å². The standard InChI is InChI=1S/C15H23NO3/c1-18-11-9-16(12-14-8-5-10-19-14)15(17)13-6-3-2-4-7-13/h5,8,10,13H,2-4,6-7,9,11-12H2,1H3. The zero-order valence-corrected chi connectivity index (χ0v) is 11.6. The molecule has 1 saturated carbocycles. The number of hydrogen-bond acceptors (Lipinski definition) is 3. The van der Waals surface area contributed by atoms with Gasteiger partial charge in [0.15, 0.2) is 0 Å². The van der Waals surface area contributed by atoms with Crippen LogP contribution in [0.4, 0.5) is 0 Å². The van der Waals surface area contributed by atoms with Crippen LogP contribution in [0.5, 0.6) is 0 Å². The molecule has 0 radical (unpaired) electrons. The van der Waals surface area contributed by atoms with E-state index in [0.717, 1.165) is 18.6 Å². The number of hydrogen-bond donors (Lipinski definition) is 0. The fourth-order valence-corrected chi connectivity index (χ4v) is 2.67. The van der Waals surface area contributed by atoms with E-state index in [0.29, 0.717) is 19.7 Å². The Morgan fingerprint density at radius 1 is 1.42 bits per heavy atom. The zero-order chi connectivity index (χ0) is 13.5. The molecule has 1 aromatic heterocycles. The lowest BCUT2D eigenvalue weighted by Gasteiger charge is -2.28. The maximum Gasteiger partial charge on any atom is 0.226 e. The average molecular weight is 265 g/mol. The van der Waals surface area contributed by atoms with E-state index in [2.05, 4.69) is 0 Å². The average Bonchev–Trinajstić information content (AvgIpc) is 2.96. The molecule has 4 heteroatoms. The second-order valence-corrected chi connectivity index (χ2v) is 5.17. The molecule has 1 heterocycles. The van der Waals surface area contributed by atoms with Crippen LogP contribution >= 0.6 is 0 Å². The molecule has 1 aliphatic carbocycles. The maximum absolute atomic E-state index is 12.6. The number of nitrogens with zero attached hydrogens (tertiary/aromatic N) is 1. The predicted molar refractivity (Wildman–Crippen MR) is 72.6 cm³/mol. The van der Waals surface area contributed by atoms with Gasteiger partial charge in [-0.1, -0.05) is 19.3 Å². The summed E-state index contributed by atoms with van der Waals surface area (Å²) in [5.41, 5.74) is 0. The summed E-state index contributed by atoms with van der Waals surface area (Å²) in [4.78, 5) is 14.4. The smallest absolute Gasteiger partial charge is 0.226 e. The maximum atomic E-state index is 12.6. The Morgan fingerprint density at radius 2 is 2.21 bits per heavy atom. The number of carbonyl (C=O) groups is 1. The van der Waals surface area contributed by atoms with E-state index in [1.165, 1.54) is 19.3 Å². The van der Waals surface area contributed by atoms with Gasteiger partial charge in [0.2, 0.25) is 5.91 Å². The van der Waals surface area contributed by atoms with Crippen LogP contribution < -0.4 is 0 Å². The summed E-state index contributed by atoms with van der Waals surface area (Å²) in [6, 6.07) is 3.77. The first kappa shape index (κ1) is 14.1. The van der Waals surface area contributed by atoms with Crippen LogP contribution in [0.15, 0.2) is 22.8 Å². The van der Waals surface area contributed by atoms with Crippen molar-refractivity contribution in [1.82, 2.24) is 4.90 Å². The molecule has 0 unspecified atom stereocenters. The van der Waals surface area contributed by atoms with Crippen molar-refractivity contribution in [2.45, 2.75) is 38.6 Å². The van der Waals surface area contributed by atoms with Gasteiger partial charge in [0, 0.05) is 19.6 Å². The summed E-state index contributed by atoms with van der Waals surface area (Å²) in [5.74, 6) is 1.29. The largest absolute Gasteiger partial charge is 0.467 e. The van der Waals surface area contributed by atoms with E-state index >= 15 is 0 Å². The van der Waals surface area contributed by atoms with Crippen molar-refractivity contribution >= 4 is 5.91 Å². The van der Waals surface area contributed by atoms with Gasteiger partial charge in [-0.05, 0) is 25.0 Å². The summed E-state index contributed by atoms with van der Waals surface area (Å²) in [5, 5.41) is 0. The Balaban J connectivity index is 1.96. The van der Waals surface area contributed by atoms with E-state index in [1.54, 1.807) is 13.4 Å². The summed E-state index contributed by atoms with van der Waals surface area (Å²) < 4.78 is 10.5. The number of furan rings is 1. The molecular weight excluding hydrogens is 242 g/mol. The molecule has 0 aromatic carbocycles. The van der Waals surface area contributed by atoms with Gasteiger partial charge < -0.3 is 14.1 Å². The first-order valence-corrected chi connectivity index (χ1v) is 7.11. The molecule has 2 rings (SSSR count). The van der Waals surface area contributed by atoms with Gasteiger partial charge in [0.05, 0.1) is 19.4 Å². The van der Waals surface area contributed by atoms with Crippen molar-refractivity contribution in [1.29, 1.82) is 0 Å². The zero-order valence-electron chi connectivity index (χ0n) is 11.6. The fourth-order valence-electron chi connectivity index (χ4n) is 2.67. The molecule has 19 heavy (non-hydrogen) atoms. The van der Waals surface area contributed by atoms with Gasteiger partial charge in [0.25, 0.3) is 0 Å². The first-order chi connectivity index (χ1) is 9.31. The van der Waals surface area contributed by atoms with Gasteiger partial charge in [-0.2, -0.15) is 0 Å². The Hall–Kier alpha value is -1.29. The molecule has 0 atom stereocenters. The highest BCUT2D eigenvalue weighted by Gasteiger charge is 2.26. The molecule has 4 nitrogen and oxygen atoms in total. The Morgan fingerprint density at radius 3 is 2.84 bits per heavy atom. The summed E-state index contributed by atoms with van der Waals surface area (Å²) in [7, 11) is 1.66. The number of carbonyl (C=O) groups excluding carboxylic acids is 1. The van der Waals surface area contributed by atoms with Gasteiger partial charge in [0.1, 0.15) is 5.76 Å². The van der Waals surface area contributed by atoms with E-state index in [4.69, 9.17) is 9.15 Å². The van der Waals surface area contributed by atoms with Crippen LogP contribution in [-0.2, 0) is 16.1 Å². The van der Waals surface area contributed by atoms with Crippen LogP contribution in [0.25, 0.3) is 0 Å². The first-order valence-electron chi connectivity index (χ1n) is 7.11. The highest BCUT2D eigenvalue weighted by Crippen LogP contribution is 2.26. The van der Waals surface area contributed by atoms with Gasteiger partial charge in [-0.15, -0.1) is 0 Å². The van der Waals surface area contributed by atoms with E-state index in [1.807, 2.05) is 17.0 Å². The summed E-state index contributed by atoms with van der Waals surface area (Å²) in [6.07, 6.45) is 7.32. The van der Waals surface area contributed by atoms with E-state index in [-0.39, 0.29) is 11.8 Å². The Kier molecular flexibility index (Phi) is 5.45. The van der Waals surface area contributed by atoms with Crippen molar-refractivity contribution in [3.63, 3.8) is 0 Å².